The van der Waals surface area contributed by atoms with Gasteiger partial charge in [-0.05, 0) is 63.1 Å². The van der Waals surface area contributed by atoms with Gasteiger partial charge in [0.2, 0.25) is 0 Å². The minimum Gasteiger partial charge on any atom is -0.389 e. The Hall–Kier alpha value is -0.680. The summed E-state index contributed by atoms with van der Waals surface area (Å²) in [6.45, 7) is 9.57. The van der Waals surface area contributed by atoms with Gasteiger partial charge in [-0.15, -0.1) is 0 Å². The van der Waals surface area contributed by atoms with E-state index in [4.69, 9.17) is 0 Å². The van der Waals surface area contributed by atoms with Crippen LogP contribution in [-0.2, 0) is 0 Å². The van der Waals surface area contributed by atoms with Crippen molar-refractivity contribution in [2.75, 3.05) is 13.1 Å². The van der Waals surface area contributed by atoms with Crippen molar-refractivity contribution < 1.29 is 15.3 Å². The van der Waals surface area contributed by atoms with Crippen LogP contribution in [0.3, 0.4) is 0 Å². The van der Waals surface area contributed by atoms with Crippen LogP contribution in [0.15, 0.2) is 23.3 Å². The summed E-state index contributed by atoms with van der Waals surface area (Å²) in [6.07, 6.45) is 6.67. The van der Waals surface area contributed by atoms with E-state index < -0.39 is 11.7 Å². The SMILES string of the molecule is CC[C@H](O)/C(C)=C/CC(C)/C=C1\CN2CCC[C@H]2[C@@](C)(O)[C@@H]1O. The molecule has 2 fully saturated rings. The normalized spacial score (nSPS) is 37.0. The molecule has 0 aromatic carbocycles. The molecule has 4 nitrogen and oxygen atoms in total. The second-order valence-electron chi connectivity index (χ2n) is 7.58. The molecule has 4 heteroatoms. The fraction of sp³-hybridized carbons (Fsp3) is 0.789. The zero-order chi connectivity index (χ0) is 17.2. The molecular formula is C19H33NO3. The van der Waals surface area contributed by atoms with Crippen LogP contribution in [0.5, 0.6) is 0 Å². The maximum Gasteiger partial charge on any atom is 0.107 e. The monoisotopic (exact) mass is 323 g/mol. The lowest BCUT2D eigenvalue weighted by molar-refractivity contribution is -0.110. The summed E-state index contributed by atoms with van der Waals surface area (Å²) in [6, 6.07) is 0.0757. The average molecular weight is 323 g/mol. The summed E-state index contributed by atoms with van der Waals surface area (Å²) in [5.74, 6) is 0.272. The highest BCUT2D eigenvalue weighted by molar-refractivity contribution is 5.24. The number of rotatable bonds is 5. The van der Waals surface area contributed by atoms with Crippen molar-refractivity contribution in [2.45, 2.75) is 77.2 Å². The highest BCUT2D eigenvalue weighted by Gasteiger charge is 2.49. The van der Waals surface area contributed by atoms with Gasteiger partial charge in [-0.3, -0.25) is 4.90 Å². The molecule has 0 aromatic heterocycles. The van der Waals surface area contributed by atoms with Crippen molar-refractivity contribution >= 4 is 0 Å². The number of fused-ring (bicyclic) bond motifs is 1. The summed E-state index contributed by atoms with van der Waals surface area (Å²) in [4.78, 5) is 2.30. The van der Waals surface area contributed by atoms with E-state index in [1.807, 2.05) is 13.8 Å². The second kappa shape index (κ2) is 7.47. The van der Waals surface area contributed by atoms with Crippen LogP contribution < -0.4 is 0 Å². The molecule has 0 radical (unpaired) electrons. The fourth-order valence-corrected chi connectivity index (χ4v) is 3.96. The Morgan fingerprint density at radius 1 is 1.48 bits per heavy atom. The minimum absolute atomic E-state index is 0.0757. The third kappa shape index (κ3) is 4.05. The van der Waals surface area contributed by atoms with Crippen molar-refractivity contribution in [3.05, 3.63) is 23.3 Å². The molecule has 2 saturated heterocycles. The van der Waals surface area contributed by atoms with Gasteiger partial charge >= 0.3 is 0 Å². The summed E-state index contributed by atoms with van der Waals surface area (Å²) in [5.41, 5.74) is 0.876. The maximum atomic E-state index is 10.7. The summed E-state index contributed by atoms with van der Waals surface area (Å²) >= 11 is 0. The van der Waals surface area contributed by atoms with Crippen molar-refractivity contribution in [1.82, 2.24) is 4.90 Å². The van der Waals surface area contributed by atoms with E-state index in [0.29, 0.717) is 0 Å². The Labute approximate surface area is 140 Å². The molecule has 23 heavy (non-hydrogen) atoms. The van der Waals surface area contributed by atoms with E-state index in [0.717, 1.165) is 49.9 Å². The fourth-order valence-electron chi connectivity index (χ4n) is 3.96. The van der Waals surface area contributed by atoms with E-state index >= 15 is 0 Å². The van der Waals surface area contributed by atoms with E-state index in [9.17, 15) is 15.3 Å². The van der Waals surface area contributed by atoms with E-state index in [2.05, 4.69) is 24.0 Å². The zero-order valence-electron chi connectivity index (χ0n) is 15.0. The predicted molar refractivity (Wildman–Crippen MR) is 93.1 cm³/mol. The Balaban J connectivity index is 2.06. The van der Waals surface area contributed by atoms with Crippen molar-refractivity contribution in [1.29, 1.82) is 0 Å². The lowest BCUT2D eigenvalue weighted by atomic mass is 9.80. The number of hydrogen-bond donors (Lipinski definition) is 3. The molecule has 2 rings (SSSR count). The van der Waals surface area contributed by atoms with Gasteiger partial charge in [0.25, 0.3) is 0 Å². The largest absolute Gasteiger partial charge is 0.389 e. The first-order valence-electron chi connectivity index (χ1n) is 8.97. The summed E-state index contributed by atoms with van der Waals surface area (Å²) in [5, 5.41) is 31.1. The summed E-state index contributed by atoms with van der Waals surface area (Å²) < 4.78 is 0. The number of hydrogen-bond acceptors (Lipinski definition) is 4. The molecule has 2 heterocycles. The highest BCUT2D eigenvalue weighted by Crippen LogP contribution is 2.37. The molecule has 0 saturated carbocycles. The first-order valence-corrected chi connectivity index (χ1v) is 8.97. The first-order chi connectivity index (χ1) is 10.8. The third-order valence-electron chi connectivity index (χ3n) is 5.55. The number of aliphatic hydroxyl groups excluding tert-OH is 2. The lowest BCUT2D eigenvalue weighted by Gasteiger charge is -2.46. The summed E-state index contributed by atoms with van der Waals surface area (Å²) in [7, 11) is 0. The minimum atomic E-state index is -1.07. The number of aliphatic hydroxyl groups is 3. The molecule has 0 aliphatic carbocycles. The maximum absolute atomic E-state index is 10.7. The molecule has 0 aromatic rings. The van der Waals surface area contributed by atoms with Gasteiger partial charge in [-0.25, -0.2) is 0 Å². The predicted octanol–water partition coefficient (Wildman–Crippen LogP) is 2.25. The second-order valence-corrected chi connectivity index (χ2v) is 7.58. The Kier molecular flexibility index (Phi) is 6.06. The Morgan fingerprint density at radius 3 is 2.83 bits per heavy atom. The van der Waals surface area contributed by atoms with E-state index in [1.54, 1.807) is 6.92 Å². The molecule has 2 aliphatic rings. The number of piperidine rings is 1. The van der Waals surface area contributed by atoms with Gasteiger partial charge in [0.05, 0.1) is 6.10 Å². The van der Waals surface area contributed by atoms with Crippen LogP contribution in [0.4, 0.5) is 0 Å². The van der Waals surface area contributed by atoms with Gasteiger partial charge in [-0.2, -0.15) is 0 Å². The zero-order valence-corrected chi connectivity index (χ0v) is 15.0. The molecule has 2 aliphatic heterocycles. The van der Waals surface area contributed by atoms with Crippen LogP contribution in [0.1, 0.15) is 53.4 Å². The van der Waals surface area contributed by atoms with Gasteiger partial charge in [-0.1, -0.05) is 26.0 Å². The van der Waals surface area contributed by atoms with E-state index in [-0.39, 0.29) is 18.1 Å². The number of allylic oxidation sites excluding steroid dienone is 2. The molecule has 0 spiro atoms. The van der Waals surface area contributed by atoms with Gasteiger partial charge < -0.3 is 15.3 Å². The van der Waals surface area contributed by atoms with Crippen LogP contribution >= 0.6 is 0 Å². The Morgan fingerprint density at radius 2 is 2.17 bits per heavy atom. The van der Waals surface area contributed by atoms with Crippen LogP contribution in [0, 0.1) is 5.92 Å². The molecule has 3 N–H and O–H groups in total. The molecule has 0 bridgehead atoms. The molecule has 132 valence electrons. The van der Waals surface area contributed by atoms with Gasteiger partial charge in [0.1, 0.15) is 11.7 Å². The quantitative estimate of drug-likeness (QED) is 0.679. The van der Waals surface area contributed by atoms with Gasteiger partial charge in [0.15, 0.2) is 0 Å². The number of nitrogens with zero attached hydrogens (tertiary/aromatic N) is 1. The lowest BCUT2D eigenvalue weighted by Crippen LogP contribution is -2.61. The van der Waals surface area contributed by atoms with Crippen LogP contribution in [0.2, 0.25) is 0 Å². The third-order valence-corrected chi connectivity index (χ3v) is 5.55. The smallest absolute Gasteiger partial charge is 0.107 e. The van der Waals surface area contributed by atoms with Crippen LogP contribution in [-0.4, -0.2) is 57.2 Å². The topological polar surface area (TPSA) is 63.9 Å². The van der Waals surface area contributed by atoms with Crippen molar-refractivity contribution in [2.24, 2.45) is 5.92 Å². The first kappa shape index (κ1) is 18.7. The Bertz CT molecular complexity index is 469. The average Bonchev–Trinajstić information content (AvgIpc) is 2.98. The standard InChI is InChI=1S/C19H33NO3/c1-5-16(21)14(3)9-8-13(2)11-15-12-20-10-6-7-17(20)19(4,23)18(15)22/h9,11,13,16-18,21-23H,5-8,10,12H2,1-4H3/b14-9+,15-11+/t13?,16-,17-,18+,19+/m0/s1. The van der Waals surface area contributed by atoms with E-state index in [1.165, 1.54) is 0 Å². The highest BCUT2D eigenvalue weighted by atomic mass is 16.3. The molecule has 0 amide bonds. The molecule has 1 unspecified atom stereocenters. The molecular weight excluding hydrogens is 290 g/mol. The van der Waals surface area contributed by atoms with Crippen molar-refractivity contribution in [3.63, 3.8) is 0 Å². The van der Waals surface area contributed by atoms with Crippen molar-refractivity contribution in [3.8, 4) is 0 Å². The van der Waals surface area contributed by atoms with Gasteiger partial charge in [0, 0.05) is 12.6 Å². The molecule has 5 atom stereocenters. The van der Waals surface area contributed by atoms with Crippen LogP contribution in [0.25, 0.3) is 0 Å².